The van der Waals surface area contributed by atoms with E-state index in [9.17, 15) is 0 Å². The SMILES string of the molecule is Cn1cc(Br)c(-c2nnc(-c3ccccc3)o2)n1. The molecule has 6 heteroatoms. The first-order valence-corrected chi connectivity index (χ1v) is 6.12. The average molecular weight is 305 g/mol. The Labute approximate surface area is 112 Å². The quantitative estimate of drug-likeness (QED) is 0.730. The van der Waals surface area contributed by atoms with E-state index in [4.69, 9.17) is 4.42 Å². The van der Waals surface area contributed by atoms with Gasteiger partial charge in [-0.2, -0.15) is 5.10 Å². The van der Waals surface area contributed by atoms with Crippen LogP contribution < -0.4 is 0 Å². The summed E-state index contributed by atoms with van der Waals surface area (Å²) in [6.07, 6.45) is 1.84. The lowest BCUT2D eigenvalue weighted by molar-refractivity contribution is 0.579. The Morgan fingerprint density at radius 2 is 1.83 bits per heavy atom. The summed E-state index contributed by atoms with van der Waals surface area (Å²) in [5, 5.41) is 12.3. The van der Waals surface area contributed by atoms with Crippen molar-refractivity contribution in [2.24, 2.45) is 7.05 Å². The lowest BCUT2D eigenvalue weighted by Gasteiger charge is -1.92. The van der Waals surface area contributed by atoms with E-state index in [1.165, 1.54) is 0 Å². The second kappa shape index (κ2) is 4.38. The van der Waals surface area contributed by atoms with E-state index < -0.39 is 0 Å². The van der Waals surface area contributed by atoms with Crippen LogP contribution in [0.15, 0.2) is 45.4 Å². The topological polar surface area (TPSA) is 56.7 Å². The minimum absolute atomic E-state index is 0.404. The smallest absolute Gasteiger partial charge is 0.269 e. The molecule has 2 heterocycles. The molecule has 2 aromatic heterocycles. The molecule has 0 saturated heterocycles. The van der Waals surface area contributed by atoms with Crippen LogP contribution >= 0.6 is 15.9 Å². The normalized spacial score (nSPS) is 10.8. The van der Waals surface area contributed by atoms with Crippen LogP contribution in [0.5, 0.6) is 0 Å². The van der Waals surface area contributed by atoms with E-state index in [1.54, 1.807) is 4.68 Å². The largest absolute Gasteiger partial charge is 0.414 e. The van der Waals surface area contributed by atoms with Crippen LogP contribution in [-0.2, 0) is 7.05 Å². The zero-order valence-electron chi connectivity index (χ0n) is 9.54. The Morgan fingerprint density at radius 1 is 1.11 bits per heavy atom. The van der Waals surface area contributed by atoms with Crippen LogP contribution in [0.2, 0.25) is 0 Å². The van der Waals surface area contributed by atoms with Gasteiger partial charge in [-0.25, -0.2) is 0 Å². The fraction of sp³-hybridized carbons (Fsp3) is 0.0833. The fourth-order valence-electron chi connectivity index (χ4n) is 1.62. The highest BCUT2D eigenvalue weighted by molar-refractivity contribution is 9.10. The van der Waals surface area contributed by atoms with Crippen molar-refractivity contribution in [3.05, 3.63) is 41.0 Å². The predicted molar refractivity (Wildman–Crippen MR) is 69.6 cm³/mol. The Morgan fingerprint density at radius 3 is 2.50 bits per heavy atom. The molecular weight excluding hydrogens is 296 g/mol. The standard InChI is InChI=1S/C12H9BrN4O/c1-17-7-9(13)10(16-17)12-15-14-11(18-12)8-5-3-2-4-6-8/h2-7H,1H3. The zero-order valence-corrected chi connectivity index (χ0v) is 11.1. The van der Waals surface area contributed by atoms with E-state index >= 15 is 0 Å². The summed E-state index contributed by atoms with van der Waals surface area (Å²) in [7, 11) is 1.84. The number of aromatic nitrogens is 4. The van der Waals surface area contributed by atoms with Gasteiger partial charge in [0.25, 0.3) is 5.89 Å². The van der Waals surface area contributed by atoms with E-state index in [-0.39, 0.29) is 0 Å². The van der Waals surface area contributed by atoms with Crippen molar-refractivity contribution >= 4 is 15.9 Å². The molecule has 0 bridgehead atoms. The van der Waals surface area contributed by atoms with Crippen molar-refractivity contribution in [3.8, 4) is 23.0 Å². The molecular formula is C12H9BrN4O. The maximum Gasteiger partial charge on any atom is 0.269 e. The zero-order chi connectivity index (χ0) is 12.5. The molecule has 0 aliphatic heterocycles. The molecule has 5 nitrogen and oxygen atoms in total. The Bertz CT molecular complexity index is 674. The number of aryl methyl sites for hydroxylation is 1. The van der Waals surface area contributed by atoms with Crippen molar-refractivity contribution in [1.29, 1.82) is 0 Å². The third-order valence-electron chi connectivity index (χ3n) is 2.43. The van der Waals surface area contributed by atoms with Gasteiger partial charge < -0.3 is 4.42 Å². The molecule has 0 aliphatic carbocycles. The number of nitrogens with zero attached hydrogens (tertiary/aromatic N) is 4. The lowest BCUT2D eigenvalue weighted by Crippen LogP contribution is -1.87. The summed E-state index contributed by atoms with van der Waals surface area (Å²) < 4.78 is 8.14. The third-order valence-corrected chi connectivity index (χ3v) is 3.01. The molecule has 0 unspecified atom stereocenters. The molecule has 3 rings (SSSR count). The number of halogens is 1. The lowest BCUT2D eigenvalue weighted by atomic mass is 10.2. The van der Waals surface area contributed by atoms with Gasteiger partial charge in [0.1, 0.15) is 0 Å². The summed E-state index contributed by atoms with van der Waals surface area (Å²) in [6, 6.07) is 9.64. The van der Waals surface area contributed by atoms with Gasteiger partial charge in [0, 0.05) is 18.8 Å². The van der Waals surface area contributed by atoms with Gasteiger partial charge in [0.2, 0.25) is 5.89 Å². The number of hydrogen-bond acceptors (Lipinski definition) is 4. The summed E-state index contributed by atoms with van der Waals surface area (Å²) in [5.41, 5.74) is 1.54. The van der Waals surface area contributed by atoms with Gasteiger partial charge in [0.05, 0.1) is 4.47 Å². The monoisotopic (exact) mass is 304 g/mol. The number of benzene rings is 1. The van der Waals surface area contributed by atoms with Crippen LogP contribution in [0, 0.1) is 0 Å². The molecule has 1 aromatic carbocycles. The molecule has 0 radical (unpaired) electrons. The van der Waals surface area contributed by atoms with Crippen LogP contribution in [-0.4, -0.2) is 20.0 Å². The summed E-state index contributed by atoms with van der Waals surface area (Å²) >= 11 is 3.41. The van der Waals surface area contributed by atoms with Crippen LogP contribution in [0.25, 0.3) is 23.0 Å². The first kappa shape index (κ1) is 11.2. The number of hydrogen-bond donors (Lipinski definition) is 0. The Kier molecular flexibility index (Phi) is 2.71. The minimum Gasteiger partial charge on any atom is -0.414 e. The second-order valence-corrected chi connectivity index (χ2v) is 4.63. The van der Waals surface area contributed by atoms with E-state index in [1.807, 2.05) is 43.6 Å². The van der Waals surface area contributed by atoms with Crippen molar-refractivity contribution in [2.45, 2.75) is 0 Å². The minimum atomic E-state index is 0.404. The van der Waals surface area contributed by atoms with E-state index in [0.29, 0.717) is 17.5 Å². The van der Waals surface area contributed by atoms with Gasteiger partial charge in [0.15, 0.2) is 5.69 Å². The molecule has 0 spiro atoms. The molecule has 0 N–H and O–H groups in total. The van der Waals surface area contributed by atoms with Gasteiger partial charge in [-0.1, -0.05) is 18.2 Å². The second-order valence-electron chi connectivity index (χ2n) is 3.78. The highest BCUT2D eigenvalue weighted by Crippen LogP contribution is 2.27. The van der Waals surface area contributed by atoms with Crippen LogP contribution in [0.1, 0.15) is 0 Å². The average Bonchev–Trinajstić information content (AvgIpc) is 2.97. The fourth-order valence-corrected chi connectivity index (χ4v) is 2.17. The maximum absolute atomic E-state index is 5.62. The molecule has 0 fully saturated rings. The summed E-state index contributed by atoms with van der Waals surface area (Å²) in [4.78, 5) is 0. The van der Waals surface area contributed by atoms with E-state index in [2.05, 4.69) is 31.2 Å². The molecule has 0 aliphatic rings. The first-order valence-electron chi connectivity index (χ1n) is 5.32. The number of rotatable bonds is 2. The Hall–Kier alpha value is -1.95. The molecule has 90 valence electrons. The highest BCUT2D eigenvalue weighted by atomic mass is 79.9. The van der Waals surface area contributed by atoms with Crippen LogP contribution in [0.4, 0.5) is 0 Å². The summed E-state index contributed by atoms with van der Waals surface area (Å²) in [5.74, 6) is 0.893. The van der Waals surface area contributed by atoms with Gasteiger partial charge >= 0.3 is 0 Å². The predicted octanol–water partition coefficient (Wildman–Crippen LogP) is 2.90. The van der Waals surface area contributed by atoms with Crippen molar-refractivity contribution < 1.29 is 4.42 Å². The maximum atomic E-state index is 5.62. The van der Waals surface area contributed by atoms with Gasteiger partial charge in [-0.05, 0) is 28.1 Å². The molecule has 0 atom stereocenters. The van der Waals surface area contributed by atoms with Gasteiger partial charge in [-0.15, -0.1) is 10.2 Å². The molecule has 0 saturated carbocycles. The molecule has 0 amide bonds. The summed E-state index contributed by atoms with van der Waals surface area (Å²) in [6.45, 7) is 0. The van der Waals surface area contributed by atoms with Crippen molar-refractivity contribution in [3.63, 3.8) is 0 Å². The van der Waals surface area contributed by atoms with E-state index in [0.717, 1.165) is 10.0 Å². The Balaban J connectivity index is 2.02. The highest BCUT2D eigenvalue weighted by Gasteiger charge is 2.15. The first-order chi connectivity index (χ1) is 8.74. The van der Waals surface area contributed by atoms with Crippen molar-refractivity contribution in [2.75, 3.05) is 0 Å². The van der Waals surface area contributed by atoms with Gasteiger partial charge in [-0.3, -0.25) is 4.68 Å². The van der Waals surface area contributed by atoms with Crippen molar-refractivity contribution in [1.82, 2.24) is 20.0 Å². The van der Waals surface area contributed by atoms with Crippen LogP contribution in [0.3, 0.4) is 0 Å². The molecule has 18 heavy (non-hydrogen) atoms. The third kappa shape index (κ3) is 1.95. The molecule has 3 aromatic rings.